The molecule has 114 valence electrons. The normalized spacial score (nSPS) is 10.1. The van der Waals surface area contributed by atoms with Crippen molar-refractivity contribution >= 4 is 11.9 Å². The van der Waals surface area contributed by atoms with Gasteiger partial charge in [0.25, 0.3) is 0 Å². The van der Waals surface area contributed by atoms with E-state index in [2.05, 4.69) is 4.74 Å². The Labute approximate surface area is 126 Å². The van der Waals surface area contributed by atoms with Crippen LogP contribution in [0.25, 0.3) is 0 Å². The molecule has 0 spiro atoms. The minimum Gasteiger partial charge on any atom is -0.465 e. The highest BCUT2D eigenvalue weighted by molar-refractivity contribution is 5.92. The quantitative estimate of drug-likeness (QED) is 0.804. The van der Waals surface area contributed by atoms with Crippen molar-refractivity contribution < 1.29 is 23.5 Å². The lowest BCUT2D eigenvalue weighted by Crippen LogP contribution is -2.15. The Bertz CT molecular complexity index is 745. The summed E-state index contributed by atoms with van der Waals surface area (Å²) in [6, 6.07) is 9.51. The molecule has 0 N–H and O–H groups in total. The molecule has 6 nitrogen and oxygen atoms in total. The van der Waals surface area contributed by atoms with Crippen LogP contribution in [-0.2, 0) is 16.1 Å². The smallest absolute Gasteiger partial charge is 0.341 e. The van der Waals surface area contributed by atoms with Gasteiger partial charge in [0, 0.05) is 11.6 Å². The van der Waals surface area contributed by atoms with Crippen LogP contribution < -0.4 is 5.63 Å². The van der Waals surface area contributed by atoms with E-state index in [1.165, 1.54) is 14.0 Å². The second-order valence-electron chi connectivity index (χ2n) is 4.46. The molecular weight excluding hydrogens is 288 g/mol. The molecule has 2 rings (SSSR count). The molecule has 0 aliphatic carbocycles. The number of benzene rings is 1. The molecule has 0 bridgehead atoms. The van der Waals surface area contributed by atoms with E-state index in [-0.39, 0.29) is 23.5 Å². The molecule has 0 radical (unpaired) electrons. The maximum absolute atomic E-state index is 11.9. The van der Waals surface area contributed by atoms with Crippen LogP contribution in [-0.4, -0.2) is 19.0 Å². The van der Waals surface area contributed by atoms with Crippen LogP contribution in [0.2, 0.25) is 0 Å². The zero-order valence-corrected chi connectivity index (χ0v) is 12.1. The van der Waals surface area contributed by atoms with E-state index in [0.717, 1.165) is 6.07 Å². The van der Waals surface area contributed by atoms with Crippen molar-refractivity contribution in [3.05, 3.63) is 69.3 Å². The monoisotopic (exact) mass is 302 g/mol. The van der Waals surface area contributed by atoms with Gasteiger partial charge in [-0.2, -0.15) is 0 Å². The number of rotatable bonds is 4. The van der Waals surface area contributed by atoms with Crippen LogP contribution in [0.4, 0.5) is 0 Å². The van der Waals surface area contributed by atoms with E-state index >= 15 is 0 Å². The van der Waals surface area contributed by atoms with Crippen LogP contribution in [0.3, 0.4) is 0 Å². The molecule has 0 aliphatic heterocycles. The van der Waals surface area contributed by atoms with Gasteiger partial charge in [0.1, 0.15) is 17.9 Å². The third-order valence-corrected chi connectivity index (χ3v) is 2.98. The third kappa shape index (κ3) is 3.41. The average Bonchev–Trinajstić information content (AvgIpc) is 2.52. The van der Waals surface area contributed by atoms with Crippen molar-refractivity contribution in [2.24, 2.45) is 0 Å². The molecule has 0 unspecified atom stereocenters. The number of hydrogen-bond donors (Lipinski definition) is 0. The number of methoxy groups -OCH3 is 1. The van der Waals surface area contributed by atoms with Crippen molar-refractivity contribution in [1.82, 2.24) is 0 Å². The van der Waals surface area contributed by atoms with Crippen molar-refractivity contribution in [1.29, 1.82) is 0 Å². The Morgan fingerprint density at radius 3 is 2.45 bits per heavy atom. The summed E-state index contributed by atoms with van der Waals surface area (Å²) in [6.45, 7) is 1.24. The summed E-state index contributed by atoms with van der Waals surface area (Å²) in [7, 11) is 1.21. The Kier molecular flexibility index (Phi) is 4.73. The topological polar surface area (TPSA) is 82.8 Å². The van der Waals surface area contributed by atoms with Crippen LogP contribution in [0.1, 0.15) is 32.0 Å². The lowest BCUT2D eigenvalue weighted by atomic mass is 10.1. The van der Waals surface area contributed by atoms with Gasteiger partial charge in [0.2, 0.25) is 0 Å². The van der Waals surface area contributed by atoms with E-state index in [1.807, 2.05) is 0 Å². The minimum atomic E-state index is -0.660. The summed E-state index contributed by atoms with van der Waals surface area (Å²) in [6.07, 6.45) is 0. The molecular formula is C16H14O6. The predicted molar refractivity (Wildman–Crippen MR) is 76.6 cm³/mol. The molecule has 0 saturated carbocycles. The first-order valence-electron chi connectivity index (χ1n) is 6.47. The van der Waals surface area contributed by atoms with E-state index in [0.29, 0.717) is 5.56 Å². The van der Waals surface area contributed by atoms with Gasteiger partial charge in [-0.25, -0.2) is 14.4 Å². The number of carbonyl (C=O) groups excluding carboxylic acids is 2. The zero-order valence-electron chi connectivity index (χ0n) is 12.1. The van der Waals surface area contributed by atoms with Gasteiger partial charge in [0.05, 0.1) is 12.7 Å². The van der Waals surface area contributed by atoms with Crippen LogP contribution in [0.5, 0.6) is 0 Å². The molecule has 1 heterocycles. The van der Waals surface area contributed by atoms with Crippen molar-refractivity contribution in [3.8, 4) is 0 Å². The second kappa shape index (κ2) is 6.71. The molecule has 0 fully saturated rings. The van der Waals surface area contributed by atoms with Gasteiger partial charge in [-0.1, -0.05) is 18.2 Å². The van der Waals surface area contributed by atoms with Crippen molar-refractivity contribution in [2.75, 3.05) is 7.11 Å². The molecule has 22 heavy (non-hydrogen) atoms. The molecule has 2 aromatic rings. The molecule has 0 aliphatic rings. The highest BCUT2D eigenvalue weighted by atomic mass is 16.5. The summed E-state index contributed by atoms with van der Waals surface area (Å²) >= 11 is 0. The van der Waals surface area contributed by atoms with Crippen LogP contribution >= 0.6 is 0 Å². The molecule has 0 atom stereocenters. The molecule has 1 aromatic carbocycles. The fraction of sp³-hybridized carbons (Fsp3) is 0.188. The van der Waals surface area contributed by atoms with Crippen molar-refractivity contribution in [2.45, 2.75) is 13.5 Å². The first-order valence-corrected chi connectivity index (χ1v) is 6.47. The van der Waals surface area contributed by atoms with E-state index in [1.54, 1.807) is 30.3 Å². The van der Waals surface area contributed by atoms with Crippen LogP contribution in [0, 0.1) is 6.92 Å². The summed E-state index contributed by atoms with van der Waals surface area (Å²) in [4.78, 5) is 35.1. The largest absolute Gasteiger partial charge is 0.465 e. The first kappa shape index (κ1) is 15.5. The number of hydrogen-bond acceptors (Lipinski definition) is 6. The van der Waals surface area contributed by atoms with Crippen LogP contribution in [0.15, 0.2) is 45.6 Å². The number of esters is 2. The van der Waals surface area contributed by atoms with Gasteiger partial charge in [-0.15, -0.1) is 0 Å². The number of ether oxygens (including phenoxy) is 2. The fourth-order valence-corrected chi connectivity index (χ4v) is 1.96. The number of carbonyl (C=O) groups is 2. The molecule has 6 heteroatoms. The Morgan fingerprint density at radius 2 is 1.82 bits per heavy atom. The SMILES string of the molecule is COC(=O)c1c(COC(=O)c2ccccc2)cc(=O)oc1C. The Hall–Kier alpha value is -2.89. The van der Waals surface area contributed by atoms with Gasteiger partial charge >= 0.3 is 17.6 Å². The Morgan fingerprint density at radius 1 is 1.14 bits per heavy atom. The lowest BCUT2D eigenvalue weighted by Gasteiger charge is -2.10. The Balaban J connectivity index is 2.24. The summed E-state index contributed by atoms with van der Waals surface area (Å²) in [5.41, 5.74) is 0.0746. The second-order valence-corrected chi connectivity index (χ2v) is 4.46. The van der Waals surface area contributed by atoms with Gasteiger partial charge in [0.15, 0.2) is 0 Å². The van der Waals surface area contributed by atoms with E-state index in [9.17, 15) is 14.4 Å². The predicted octanol–water partition coefficient (Wildman–Crippen LogP) is 2.09. The number of aryl methyl sites for hydroxylation is 1. The van der Waals surface area contributed by atoms with Crippen molar-refractivity contribution in [3.63, 3.8) is 0 Å². The van der Waals surface area contributed by atoms with E-state index < -0.39 is 17.6 Å². The maximum Gasteiger partial charge on any atom is 0.341 e. The highest BCUT2D eigenvalue weighted by Crippen LogP contribution is 2.15. The fourth-order valence-electron chi connectivity index (χ4n) is 1.96. The third-order valence-electron chi connectivity index (χ3n) is 2.98. The maximum atomic E-state index is 11.9. The first-order chi connectivity index (χ1) is 10.5. The molecule has 0 saturated heterocycles. The standard InChI is InChI=1S/C16H14O6/c1-10-14(16(19)20-2)12(8-13(17)22-10)9-21-15(18)11-6-4-3-5-7-11/h3-8H,9H2,1-2H3. The zero-order chi connectivity index (χ0) is 16.1. The summed E-state index contributed by atoms with van der Waals surface area (Å²) in [5.74, 6) is -1.10. The summed E-state index contributed by atoms with van der Waals surface area (Å²) < 4.78 is 14.6. The van der Waals surface area contributed by atoms with Gasteiger partial charge in [-0.3, -0.25) is 0 Å². The molecule has 0 amide bonds. The highest BCUT2D eigenvalue weighted by Gasteiger charge is 2.19. The minimum absolute atomic E-state index is 0.0861. The van der Waals surface area contributed by atoms with E-state index in [4.69, 9.17) is 9.15 Å². The molecule has 1 aromatic heterocycles. The summed E-state index contributed by atoms with van der Waals surface area (Å²) in [5, 5.41) is 0. The van der Waals surface area contributed by atoms with Gasteiger partial charge in [-0.05, 0) is 19.1 Å². The average molecular weight is 302 g/mol. The van der Waals surface area contributed by atoms with Gasteiger partial charge < -0.3 is 13.9 Å². The lowest BCUT2D eigenvalue weighted by molar-refractivity contribution is 0.0458.